The van der Waals surface area contributed by atoms with Gasteiger partial charge >= 0.3 is 0 Å². The summed E-state index contributed by atoms with van der Waals surface area (Å²) in [6.07, 6.45) is 0.832. The summed E-state index contributed by atoms with van der Waals surface area (Å²) in [6, 6.07) is 0. The Balaban J connectivity index is 4.63. The Labute approximate surface area is 104 Å². The standard InChI is InChI=1S/C12H25NOSSi/c1-10(2)12(7-8-16(4,5)6)9-11(3)15(13)14/h10-12H,9,13H2,1-6H3/t11?,12-,15?/m0/s1. The van der Waals surface area contributed by atoms with Crippen LogP contribution in [0.2, 0.25) is 19.6 Å². The highest BCUT2D eigenvalue weighted by atomic mass is 32.2. The van der Waals surface area contributed by atoms with Gasteiger partial charge in [0.1, 0.15) is 8.07 Å². The molecule has 0 rings (SSSR count). The minimum absolute atomic E-state index is 0.0309. The third kappa shape index (κ3) is 7.21. The summed E-state index contributed by atoms with van der Waals surface area (Å²) in [5.74, 6) is 4.18. The fourth-order valence-electron chi connectivity index (χ4n) is 1.26. The molecule has 0 heterocycles. The Hall–Kier alpha value is -0.113. The molecule has 0 fully saturated rings. The Morgan fingerprint density at radius 1 is 1.25 bits per heavy atom. The smallest absolute Gasteiger partial charge is 0.129 e. The fourth-order valence-corrected chi connectivity index (χ4v) is 2.27. The molecule has 0 radical (unpaired) electrons. The van der Waals surface area contributed by atoms with Gasteiger partial charge in [0, 0.05) is 11.2 Å². The molecule has 0 amide bonds. The molecule has 0 bridgehead atoms. The van der Waals surface area contributed by atoms with Crippen LogP contribution < -0.4 is 5.14 Å². The van der Waals surface area contributed by atoms with Crippen molar-refractivity contribution in [2.45, 2.75) is 52.1 Å². The van der Waals surface area contributed by atoms with Gasteiger partial charge in [0.2, 0.25) is 0 Å². The van der Waals surface area contributed by atoms with Gasteiger partial charge in [-0.3, -0.25) is 5.14 Å². The van der Waals surface area contributed by atoms with E-state index in [2.05, 4.69) is 45.0 Å². The van der Waals surface area contributed by atoms with E-state index < -0.39 is 19.1 Å². The first-order chi connectivity index (χ1) is 7.13. The Bertz CT molecular complexity index is 298. The summed E-state index contributed by atoms with van der Waals surface area (Å²) >= 11 is 0. The van der Waals surface area contributed by atoms with Gasteiger partial charge < -0.3 is 0 Å². The second-order valence-corrected chi connectivity index (χ2v) is 12.0. The van der Waals surface area contributed by atoms with Crippen LogP contribution in [0.15, 0.2) is 0 Å². The predicted molar refractivity (Wildman–Crippen MR) is 75.9 cm³/mol. The van der Waals surface area contributed by atoms with Crippen LogP contribution in [0, 0.1) is 23.3 Å². The molecule has 0 spiro atoms. The molecular formula is C12H25NOSSi. The zero-order valence-electron chi connectivity index (χ0n) is 11.3. The van der Waals surface area contributed by atoms with Gasteiger partial charge in [-0.15, -0.1) is 11.5 Å². The molecule has 3 atom stereocenters. The van der Waals surface area contributed by atoms with Crippen LogP contribution in [0.25, 0.3) is 0 Å². The maximum absolute atomic E-state index is 11.2. The van der Waals surface area contributed by atoms with Crippen molar-refractivity contribution in [3.05, 3.63) is 0 Å². The highest BCUT2D eigenvalue weighted by Gasteiger charge is 2.18. The molecule has 2 nitrogen and oxygen atoms in total. The summed E-state index contributed by atoms with van der Waals surface area (Å²) in [4.78, 5) is 0. The molecular weight excluding hydrogens is 234 g/mol. The maximum Gasteiger partial charge on any atom is 0.129 e. The first-order valence-corrected chi connectivity index (χ1v) is 10.6. The molecule has 2 unspecified atom stereocenters. The van der Waals surface area contributed by atoms with Crippen molar-refractivity contribution in [2.24, 2.45) is 17.0 Å². The van der Waals surface area contributed by atoms with Gasteiger partial charge in [0.15, 0.2) is 0 Å². The lowest BCUT2D eigenvalue weighted by atomic mass is 9.92. The van der Waals surface area contributed by atoms with E-state index in [1.165, 1.54) is 0 Å². The van der Waals surface area contributed by atoms with E-state index in [-0.39, 0.29) is 5.25 Å². The van der Waals surface area contributed by atoms with Crippen LogP contribution in [0.4, 0.5) is 0 Å². The van der Waals surface area contributed by atoms with Gasteiger partial charge in [0.05, 0.1) is 11.0 Å². The van der Waals surface area contributed by atoms with Crippen molar-refractivity contribution in [1.29, 1.82) is 0 Å². The van der Waals surface area contributed by atoms with Crippen LogP contribution in [-0.4, -0.2) is 17.5 Å². The molecule has 0 saturated carbocycles. The van der Waals surface area contributed by atoms with Crippen molar-refractivity contribution in [3.63, 3.8) is 0 Å². The monoisotopic (exact) mass is 259 g/mol. The third-order valence-corrected chi connectivity index (χ3v) is 4.30. The summed E-state index contributed by atoms with van der Waals surface area (Å²) in [6.45, 7) is 13.0. The molecule has 2 N–H and O–H groups in total. The van der Waals surface area contributed by atoms with E-state index in [9.17, 15) is 4.21 Å². The van der Waals surface area contributed by atoms with Gasteiger partial charge in [-0.2, -0.15) is 0 Å². The fraction of sp³-hybridized carbons (Fsp3) is 0.833. The lowest BCUT2D eigenvalue weighted by molar-refractivity contribution is 0.448. The first-order valence-electron chi connectivity index (χ1n) is 5.81. The lowest BCUT2D eigenvalue weighted by Gasteiger charge is -2.18. The van der Waals surface area contributed by atoms with E-state index >= 15 is 0 Å². The quantitative estimate of drug-likeness (QED) is 0.612. The van der Waals surface area contributed by atoms with Crippen LogP contribution in [0.3, 0.4) is 0 Å². The molecule has 0 aromatic heterocycles. The summed E-state index contributed by atoms with van der Waals surface area (Å²) in [5.41, 5.74) is 3.40. The molecule has 4 heteroatoms. The molecule has 16 heavy (non-hydrogen) atoms. The summed E-state index contributed by atoms with van der Waals surface area (Å²) < 4.78 is 11.2. The lowest BCUT2D eigenvalue weighted by Crippen LogP contribution is -2.24. The second kappa shape index (κ2) is 6.58. The normalized spacial score (nSPS) is 17.5. The third-order valence-electron chi connectivity index (χ3n) is 2.42. The summed E-state index contributed by atoms with van der Waals surface area (Å²) in [5, 5.41) is 5.43. The zero-order valence-corrected chi connectivity index (χ0v) is 13.1. The SMILES string of the molecule is CC(C)[C@@H](C#C[Si](C)(C)C)CC(C)S(N)=O. The minimum Gasteiger partial charge on any atom is -0.252 e. The Morgan fingerprint density at radius 3 is 2.06 bits per heavy atom. The first kappa shape index (κ1) is 15.9. The van der Waals surface area contributed by atoms with E-state index in [0.29, 0.717) is 11.8 Å². The molecule has 0 aliphatic heterocycles. The molecule has 94 valence electrons. The maximum atomic E-state index is 11.2. The Morgan fingerprint density at radius 2 is 1.75 bits per heavy atom. The van der Waals surface area contributed by atoms with Gasteiger partial charge in [-0.1, -0.05) is 33.5 Å². The topological polar surface area (TPSA) is 43.1 Å². The molecule has 0 aromatic rings. The minimum atomic E-state index is -1.31. The van der Waals surface area contributed by atoms with Crippen molar-refractivity contribution < 1.29 is 4.21 Å². The van der Waals surface area contributed by atoms with Crippen molar-refractivity contribution in [3.8, 4) is 11.5 Å². The number of hydrogen-bond donors (Lipinski definition) is 1. The average Bonchev–Trinajstić information content (AvgIpc) is 2.09. The van der Waals surface area contributed by atoms with Crippen LogP contribution in [0.5, 0.6) is 0 Å². The van der Waals surface area contributed by atoms with E-state index in [4.69, 9.17) is 5.14 Å². The summed E-state index contributed by atoms with van der Waals surface area (Å²) in [7, 11) is -2.54. The van der Waals surface area contributed by atoms with E-state index in [1.807, 2.05) is 6.92 Å². The van der Waals surface area contributed by atoms with Crippen molar-refractivity contribution >= 4 is 19.1 Å². The van der Waals surface area contributed by atoms with E-state index in [0.717, 1.165) is 6.42 Å². The highest BCUT2D eigenvalue weighted by Crippen LogP contribution is 2.18. The molecule has 0 aromatic carbocycles. The van der Waals surface area contributed by atoms with Crippen molar-refractivity contribution in [1.82, 2.24) is 0 Å². The van der Waals surface area contributed by atoms with E-state index in [1.54, 1.807) is 0 Å². The Kier molecular flexibility index (Phi) is 6.53. The number of hydrogen-bond acceptors (Lipinski definition) is 1. The predicted octanol–water partition coefficient (Wildman–Crippen LogP) is 2.54. The highest BCUT2D eigenvalue weighted by molar-refractivity contribution is 7.83. The largest absolute Gasteiger partial charge is 0.252 e. The van der Waals surface area contributed by atoms with Gasteiger partial charge in [-0.25, -0.2) is 4.21 Å². The molecule has 0 aliphatic carbocycles. The second-order valence-electron chi connectivity index (χ2n) is 5.74. The van der Waals surface area contributed by atoms with Gasteiger partial charge in [0.25, 0.3) is 0 Å². The van der Waals surface area contributed by atoms with Crippen molar-refractivity contribution in [2.75, 3.05) is 0 Å². The van der Waals surface area contributed by atoms with Crippen LogP contribution in [-0.2, 0) is 11.0 Å². The van der Waals surface area contributed by atoms with Crippen LogP contribution in [0.1, 0.15) is 27.2 Å². The number of nitrogens with two attached hydrogens (primary N) is 1. The number of rotatable bonds is 4. The molecule has 0 aliphatic rings. The molecule has 0 saturated heterocycles. The zero-order chi connectivity index (χ0) is 12.9. The average molecular weight is 259 g/mol. The van der Waals surface area contributed by atoms with Crippen LogP contribution >= 0.6 is 0 Å². The van der Waals surface area contributed by atoms with Gasteiger partial charge in [-0.05, 0) is 19.3 Å².